The van der Waals surface area contributed by atoms with Crippen LogP contribution in [-0.2, 0) is 20.2 Å². The van der Waals surface area contributed by atoms with Crippen molar-refractivity contribution in [3.8, 4) is 23.0 Å². The topological polar surface area (TPSA) is 232 Å². The van der Waals surface area contributed by atoms with Gasteiger partial charge in [0.05, 0.1) is 43.1 Å². The van der Waals surface area contributed by atoms with Crippen LogP contribution in [0.2, 0.25) is 0 Å². The number of aliphatic carboxylic acids is 1. The van der Waals surface area contributed by atoms with Crippen LogP contribution in [0.1, 0.15) is 43.1 Å². The number of nitrogens with two attached hydrogens (primary N) is 1. The Morgan fingerprint density at radius 1 is 0.860 bits per heavy atom. The summed E-state index contributed by atoms with van der Waals surface area (Å²) in [5.74, 6) is 0.255. The molecule has 17 heteroatoms. The molecular weight excluding hydrogens is 755 g/mol. The highest BCUT2D eigenvalue weighted by molar-refractivity contribution is 7.92. The van der Waals surface area contributed by atoms with Crippen LogP contribution in [0.25, 0.3) is 10.8 Å². The SMILES string of the molecule is COc1cc(Nc2cc(Oc3ccc(NC(=O)Nc4cc(C(C)(C)C)cc(NS(C)(=O)=O)c4OC)c4ccccc34)ccn2)ccc1C(=O)NCC[C@@H](N)C(=O)O. The number of hydrogen-bond acceptors (Lipinski definition) is 11. The fraction of sp³-hybridized carbons (Fsp3) is 0.250. The number of amides is 3. The molecule has 5 aromatic rings. The maximum atomic E-state index is 13.5. The molecule has 0 spiro atoms. The van der Waals surface area contributed by atoms with Gasteiger partial charge in [-0.25, -0.2) is 18.2 Å². The van der Waals surface area contributed by atoms with Crippen LogP contribution in [0.15, 0.2) is 85.1 Å². The number of fused-ring (bicyclic) bond motifs is 1. The van der Waals surface area contributed by atoms with Gasteiger partial charge in [-0.3, -0.25) is 14.3 Å². The summed E-state index contributed by atoms with van der Waals surface area (Å²) in [5.41, 5.74) is 7.69. The van der Waals surface area contributed by atoms with E-state index in [-0.39, 0.29) is 46.8 Å². The van der Waals surface area contributed by atoms with Gasteiger partial charge in [-0.15, -0.1) is 0 Å². The van der Waals surface area contributed by atoms with Gasteiger partial charge >= 0.3 is 12.0 Å². The largest absolute Gasteiger partial charge is 0.496 e. The number of carbonyl (C=O) groups excluding carboxylic acids is 2. The van der Waals surface area contributed by atoms with E-state index in [2.05, 4.69) is 31.0 Å². The van der Waals surface area contributed by atoms with E-state index in [1.807, 2.05) is 45.0 Å². The van der Waals surface area contributed by atoms with E-state index in [0.29, 0.717) is 39.5 Å². The van der Waals surface area contributed by atoms with Gasteiger partial charge in [0, 0.05) is 41.3 Å². The fourth-order valence-electron chi connectivity index (χ4n) is 5.73. The lowest BCUT2D eigenvalue weighted by Gasteiger charge is -2.24. The summed E-state index contributed by atoms with van der Waals surface area (Å²) < 4.78 is 44.1. The third-order valence-electron chi connectivity index (χ3n) is 8.57. The highest BCUT2D eigenvalue weighted by Gasteiger charge is 2.23. The molecule has 5 rings (SSSR count). The van der Waals surface area contributed by atoms with Crippen molar-refractivity contribution in [3.05, 3.63) is 96.2 Å². The van der Waals surface area contributed by atoms with Crippen molar-refractivity contribution in [1.82, 2.24) is 10.3 Å². The first kappa shape index (κ1) is 41.6. The van der Waals surface area contributed by atoms with Crippen LogP contribution in [0.5, 0.6) is 23.0 Å². The van der Waals surface area contributed by atoms with E-state index in [0.717, 1.165) is 11.8 Å². The van der Waals surface area contributed by atoms with E-state index in [1.54, 1.807) is 60.8 Å². The number of benzene rings is 4. The quantitative estimate of drug-likeness (QED) is 0.0591. The first-order valence-corrected chi connectivity index (χ1v) is 19.5. The average molecular weight is 800 g/mol. The molecule has 1 aromatic heterocycles. The number of aromatic nitrogens is 1. The number of nitrogens with zero attached hydrogens (tertiary/aromatic N) is 1. The normalized spacial score (nSPS) is 11.9. The lowest BCUT2D eigenvalue weighted by atomic mass is 9.86. The Morgan fingerprint density at radius 2 is 1.56 bits per heavy atom. The van der Waals surface area contributed by atoms with Crippen LogP contribution < -0.4 is 45.9 Å². The summed E-state index contributed by atoms with van der Waals surface area (Å²) in [7, 11) is -0.834. The minimum Gasteiger partial charge on any atom is -0.496 e. The van der Waals surface area contributed by atoms with Gasteiger partial charge in [-0.05, 0) is 59.9 Å². The van der Waals surface area contributed by atoms with Crippen LogP contribution >= 0.6 is 0 Å². The zero-order chi connectivity index (χ0) is 41.5. The highest BCUT2D eigenvalue weighted by Crippen LogP contribution is 2.40. The maximum absolute atomic E-state index is 13.5. The predicted octanol–water partition coefficient (Wildman–Crippen LogP) is 6.63. The number of urea groups is 1. The Bertz CT molecular complexity index is 2420. The van der Waals surface area contributed by atoms with E-state index in [9.17, 15) is 22.8 Å². The molecule has 3 amide bonds. The molecule has 0 radical (unpaired) electrons. The summed E-state index contributed by atoms with van der Waals surface area (Å²) in [6.45, 7) is 5.98. The first-order chi connectivity index (χ1) is 26.9. The van der Waals surface area contributed by atoms with Crippen molar-refractivity contribution < 1.29 is 42.1 Å². The third kappa shape index (κ3) is 10.8. The molecule has 0 aliphatic heterocycles. The zero-order valence-corrected chi connectivity index (χ0v) is 33.0. The fourth-order valence-corrected chi connectivity index (χ4v) is 6.28. The minimum absolute atomic E-state index is 0.0706. The molecule has 300 valence electrons. The van der Waals surface area contributed by atoms with Crippen molar-refractivity contribution in [3.63, 3.8) is 0 Å². The summed E-state index contributed by atoms with van der Waals surface area (Å²) in [6.07, 6.45) is 2.68. The standard InChI is InChI=1S/C40H45N7O9S/c1-40(2,3)23-19-31(36(55-5)32(20-23)47-57(6,52)53)46-39(51)45-30-13-14-33(27-10-8-7-9-26(27)30)56-25-15-17-42-35(22-25)44-24-11-12-28(34(21-24)54-4)37(48)43-18-16-29(41)38(49)50/h7-15,17,19-22,29,47H,16,18,41H2,1-6H3,(H,42,44)(H,43,48)(H,49,50)(H2,45,46,51)/t29-/m1/s1. The number of hydrogen-bond donors (Lipinski definition) is 7. The Labute approximate surface area is 330 Å². The summed E-state index contributed by atoms with van der Waals surface area (Å²) in [6, 6.07) is 20.8. The molecule has 1 heterocycles. The number of methoxy groups -OCH3 is 2. The Balaban J connectivity index is 1.32. The summed E-state index contributed by atoms with van der Waals surface area (Å²) >= 11 is 0. The molecule has 0 aliphatic rings. The van der Waals surface area contributed by atoms with Crippen LogP contribution in [0.3, 0.4) is 0 Å². The van der Waals surface area contributed by atoms with Gasteiger partial charge in [-0.2, -0.15) is 0 Å². The molecule has 0 unspecified atom stereocenters. The van der Waals surface area contributed by atoms with E-state index in [4.69, 9.17) is 25.1 Å². The molecule has 0 saturated carbocycles. The Kier molecular flexibility index (Phi) is 12.7. The number of sulfonamides is 1. The number of carbonyl (C=O) groups is 3. The van der Waals surface area contributed by atoms with Gasteiger partial charge < -0.3 is 46.3 Å². The molecule has 0 fully saturated rings. The van der Waals surface area contributed by atoms with E-state index < -0.39 is 34.0 Å². The van der Waals surface area contributed by atoms with Gasteiger partial charge in [0.25, 0.3) is 5.91 Å². The number of pyridine rings is 1. The van der Waals surface area contributed by atoms with E-state index in [1.165, 1.54) is 14.2 Å². The highest BCUT2D eigenvalue weighted by atomic mass is 32.2. The number of rotatable bonds is 15. The zero-order valence-electron chi connectivity index (χ0n) is 32.2. The van der Waals surface area contributed by atoms with Crippen molar-refractivity contribution in [2.24, 2.45) is 5.73 Å². The molecule has 0 aliphatic carbocycles. The molecule has 0 bridgehead atoms. The van der Waals surface area contributed by atoms with Crippen molar-refractivity contribution in [2.45, 2.75) is 38.6 Å². The Morgan fingerprint density at radius 3 is 2.23 bits per heavy atom. The summed E-state index contributed by atoms with van der Waals surface area (Å²) in [4.78, 5) is 41.6. The molecule has 0 saturated heterocycles. The van der Waals surface area contributed by atoms with E-state index >= 15 is 0 Å². The number of carboxylic acids is 1. The second-order valence-electron chi connectivity index (χ2n) is 14.0. The predicted molar refractivity (Wildman–Crippen MR) is 220 cm³/mol. The van der Waals surface area contributed by atoms with Crippen molar-refractivity contribution >= 4 is 67.3 Å². The van der Waals surface area contributed by atoms with Crippen LogP contribution in [-0.4, -0.2) is 69.5 Å². The van der Waals surface area contributed by atoms with Crippen molar-refractivity contribution in [2.75, 3.05) is 47.7 Å². The smallest absolute Gasteiger partial charge is 0.323 e. The Hall–Kier alpha value is -6.59. The molecule has 57 heavy (non-hydrogen) atoms. The van der Waals surface area contributed by atoms with Crippen molar-refractivity contribution in [1.29, 1.82) is 0 Å². The second-order valence-corrected chi connectivity index (χ2v) is 15.7. The van der Waals surface area contributed by atoms with Crippen LogP contribution in [0, 0.1) is 0 Å². The third-order valence-corrected chi connectivity index (χ3v) is 9.16. The molecule has 1 atom stereocenters. The molecule has 4 aromatic carbocycles. The molecule has 8 N–H and O–H groups in total. The van der Waals surface area contributed by atoms with Gasteiger partial charge in [0.15, 0.2) is 5.75 Å². The number of nitrogens with one attached hydrogen (secondary N) is 5. The van der Waals surface area contributed by atoms with Gasteiger partial charge in [-0.1, -0.05) is 45.0 Å². The monoisotopic (exact) mass is 799 g/mol. The average Bonchev–Trinajstić information content (AvgIpc) is 3.14. The van der Waals surface area contributed by atoms with Gasteiger partial charge in [0.1, 0.15) is 29.1 Å². The minimum atomic E-state index is -3.66. The number of ether oxygens (including phenoxy) is 3. The first-order valence-electron chi connectivity index (χ1n) is 17.6. The molecule has 16 nitrogen and oxygen atoms in total. The molecular formula is C40H45N7O9S. The lowest BCUT2D eigenvalue weighted by molar-refractivity contribution is -0.138. The lowest BCUT2D eigenvalue weighted by Crippen LogP contribution is -2.35. The van der Waals surface area contributed by atoms with Crippen LogP contribution in [0.4, 0.5) is 33.4 Å². The number of anilines is 5. The second kappa shape index (κ2) is 17.5. The van der Waals surface area contributed by atoms with Gasteiger partial charge in [0.2, 0.25) is 10.0 Å². The number of carboxylic acid groups (broad SMARTS) is 1. The summed E-state index contributed by atoms with van der Waals surface area (Å²) in [5, 5.41) is 21.9. The maximum Gasteiger partial charge on any atom is 0.323 e.